The number of nitro benzene ring substituents is 1. The summed E-state index contributed by atoms with van der Waals surface area (Å²) in [5, 5.41) is 15.4. The number of piperazine rings is 1. The summed E-state index contributed by atoms with van der Waals surface area (Å²) in [6, 6.07) is 19.8. The maximum absolute atomic E-state index is 12.8. The highest BCUT2D eigenvalue weighted by Gasteiger charge is 2.24. The van der Waals surface area contributed by atoms with Crippen molar-refractivity contribution in [1.82, 2.24) is 4.90 Å². The van der Waals surface area contributed by atoms with Crippen LogP contribution >= 0.6 is 27.5 Å². The van der Waals surface area contributed by atoms with Gasteiger partial charge in [-0.15, -0.1) is 0 Å². The summed E-state index contributed by atoms with van der Waals surface area (Å²) in [7, 11) is 0. The summed E-state index contributed by atoms with van der Waals surface area (Å²) in [5.74, 6) is 0.0103. The number of nitrogens with one attached hydrogen (secondary N) is 1. The van der Waals surface area contributed by atoms with Gasteiger partial charge in [-0.05, 0) is 54.1 Å². The summed E-state index contributed by atoms with van der Waals surface area (Å²) in [5.41, 5.74) is 3.00. The van der Waals surface area contributed by atoms with Gasteiger partial charge < -0.3 is 15.1 Å². The molecule has 3 aromatic carbocycles. The lowest BCUT2D eigenvalue weighted by atomic mass is 10.1. The van der Waals surface area contributed by atoms with Crippen LogP contribution in [0.4, 0.5) is 17.1 Å². The Hall–Kier alpha value is -3.10. The first kappa shape index (κ1) is 23.1. The molecule has 1 amide bonds. The molecular formula is C24H22BrClN4O3. The zero-order valence-electron chi connectivity index (χ0n) is 17.7. The maximum atomic E-state index is 12.8. The fraction of sp³-hybridized carbons (Fsp3) is 0.208. The van der Waals surface area contributed by atoms with E-state index in [1.165, 1.54) is 6.07 Å². The Kier molecular flexibility index (Phi) is 7.15. The van der Waals surface area contributed by atoms with Gasteiger partial charge in [-0.25, -0.2) is 0 Å². The van der Waals surface area contributed by atoms with Crippen molar-refractivity contribution in [3.05, 3.63) is 97.5 Å². The van der Waals surface area contributed by atoms with E-state index in [-0.39, 0.29) is 16.5 Å². The van der Waals surface area contributed by atoms with E-state index in [0.29, 0.717) is 49.0 Å². The number of carbonyl (C=O) groups excluding carboxylic acids is 1. The van der Waals surface area contributed by atoms with Crippen LogP contribution in [0.5, 0.6) is 0 Å². The average molecular weight is 530 g/mol. The monoisotopic (exact) mass is 528 g/mol. The van der Waals surface area contributed by atoms with Crippen molar-refractivity contribution in [2.45, 2.75) is 6.54 Å². The summed E-state index contributed by atoms with van der Waals surface area (Å²) in [4.78, 5) is 27.9. The third-order valence-electron chi connectivity index (χ3n) is 5.60. The Balaban J connectivity index is 1.44. The van der Waals surface area contributed by atoms with Crippen molar-refractivity contribution in [3.63, 3.8) is 0 Å². The predicted molar refractivity (Wildman–Crippen MR) is 134 cm³/mol. The second kappa shape index (κ2) is 10.2. The number of amides is 1. The minimum absolute atomic E-state index is 0.0103. The largest absolute Gasteiger partial charge is 0.375 e. The van der Waals surface area contributed by atoms with Gasteiger partial charge in [0.25, 0.3) is 11.6 Å². The van der Waals surface area contributed by atoms with E-state index in [9.17, 15) is 14.9 Å². The smallest absolute Gasteiger partial charge is 0.292 e. The van der Waals surface area contributed by atoms with E-state index in [4.69, 9.17) is 11.6 Å². The second-order valence-electron chi connectivity index (χ2n) is 7.72. The molecule has 0 spiro atoms. The van der Waals surface area contributed by atoms with Crippen molar-refractivity contribution in [1.29, 1.82) is 0 Å². The molecule has 7 nitrogen and oxygen atoms in total. The maximum Gasteiger partial charge on any atom is 0.292 e. The van der Waals surface area contributed by atoms with Gasteiger partial charge in [0, 0.05) is 59.5 Å². The Morgan fingerprint density at radius 2 is 1.67 bits per heavy atom. The molecule has 0 aliphatic carbocycles. The standard InChI is InChI=1S/C24H22BrClN4O3/c25-19-5-3-18(4-6-19)24(31)29-13-11-28(12-14-29)21-9-10-23(30(32)33)22(15-21)27-16-17-1-7-20(26)8-2-17/h1-10,15,27H,11-14,16H2. The highest BCUT2D eigenvalue weighted by molar-refractivity contribution is 9.10. The molecule has 170 valence electrons. The third kappa shape index (κ3) is 5.64. The minimum Gasteiger partial charge on any atom is -0.375 e. The number of hydrogen-bond donors (Lipinski definition) is 1. The second-order valence-corrected chi connectivity index (χ2v) is 9.08. The van der Waals surface area contributed by atoms with Gasteiger partial charge in [-0.1, -0.05) is 39.7 Å². The molecule has 0 unspecified atom stereocenters. The highest BCUT2D eigenvalue weighted by atomic mass is 79.9. The fourth-order valence-electron chi connectivity index (χ4n) is 3.76. The molecule has 4 rings (SSSR count). The minimum atomic E-state index is -0.386. The molecule has 1 heterocycles. The lowest BCUT2D eigenvalue weighted by molar-refractivity contribution is -0.384. The first-order valence-corrected chi connectivity index (χ1v) is 11.6. The molecule has 1 N–H and O–H groups in total. The molecule has 0 radical (unpaired) electrons. The van der Waals surface area contributed by atoms with Crippen LogP contribution < -0.4 is 10.2 Å². The molecule has 1 aliphatic heterocycles. The van der Waals surface area contributed by atoms with Crippen LogP contribution in [0, 0.1) is 10.1 Å². The van der Waals surface area contributed by atoms with E-state index in [1.54, 1.807) is 24.3 Å². The van der Waals surface area contributed by atoms with Crippen molar-refractivity contribution in [3.8, 4) is 0 Å². The molecule has 1 aliphatic rings. The molecule has 1 fully saturated rings. The van der Waals surface area contributed by atoms with Crippen LogP contribution in [0.3, 0.4) is 0 Å². The van der Waals surface area contributed by atoms with Crippen LogP contribution in [-0.4, -0.2) is 41.9 Å². The number of nitro groups is 1. The van der Waals surface area contributed by atoms with Gasteiger partial charge in [0.1, 0.15) is 5.69 Å². The molecule has 9 heteroatoms. The molecule has 1 saturated heterocycles. The Morgan fingerprint density at radius 1 is 1.00 bits per heavy atom. The van der Waals surface area contributed by atoms with E-state index < -0.39 is 0 Å². The molecule has 0 bridgehead atoms. The SMILES string of the molecule is O=C(c1ccc(Br)cc1)N1CCN(c2ccc([N+](=O)[O-])c(NCc3ccc(Cl)cc3)c2)CC1. The molecule has 3 aromatic rings. The Labute approximate surface area is 205 Å². The van der Waals surface area contributed by atoms with Gasteiger partial charge in [0.2, 0.25) is 0 Å². The van der Waals surface area contributed by atoms with Gasteiger partial charge in [0.15, 0.2) is 0 Å². The normalized spacial score (nSPS) is 13.6. The van der Waals surface area contributed by atoms with Gasteiger partial charge in [-0.3, -0.25) is 14.9 Å². The van der Waals surface area contributed by atoms with Gasteiger partial charge in [0.05, 0.1) is 4.92 Å². The molecular weight excluding hydrogens is 508 g/mol. The van der Waals surface area contributed by atoms with E-state index in [1.807, 2.05) is 41.3 Å². The van der Waals surface area contributed by atoms with E-state index in [0.717, 1.165) is 15.7 Å². The number of rotatable bonds is 6. The van der Waals surface area contributed by atoms with Crippen LogP contribution in [0.25, 0.3) is 0 Å². The Morgan fingerprint density at radius 3 is 2.30 bits per heavy atom. The zero-order chi connectivity index (χ0) is 23.4. The quantitative estimate of drug-likeness (QED) is 0.333. The van der Waals surface area contributed by atoms with Crippen LogP contribution in [0.1, 0.15) is 15.9 Å². The van der Waals surface area contributed by atoms with Crippen LogP contribution in [0.2, 0.25) is 5.02 Å². The molecule has 0 saturated carbocycles. The van der Waals surface area contributed by atoms with Crippen molar-refractivity contribution < 1.29 is 9.72 Å². The van der Waals surface area contributed by atoms with Crippen molar-refractivity contribution >= 4 is 50.5 Å². The lowest BCUT2D eigenvalue weighted by Gasteiger charge is -2.36. The summed E-state index contributed by atoms with van der Waals surface area (Å²) >= 11 is 9.32. The van der Waals surface area contributed by atoms with Gasteiger partial charge in [-0.2, -0.15) is 0 Å². The number of carbonyl (C=O) groups is 1. The lowest BCUT2D eigenvalue weighted by Crippen LogP contribution is -2.48. The van der Waals surface area contributed by atoms with Gasteiger partial charge >= 0.3 is 0 Å². The van der Waals surface area contributed by atoms with Crippen molar-refractivity contribution in [2.75, 3.05) is 36.4 Å². The fourth-order valence-corrected chi connectivity index (χ4v) is 4.15. The summed E-state index contributed by atoms with van der Waals surface area (Å²) in [6.45, 7) is 2.91. The van der Waals surface area contributed by atoms with Crippen LogP contribution in [-0.2, 0) is 6.54 Å². The Bertz CT molecular complexity index is 1150. The molecule has 0 aromatic heterocycles. The number of halogens is 2. The molecule has 33 heavy (non-hydrogen) atoms. The first-order chi connectivity index (χ1) is 15.9. The molecule has 0 atom stereocenters. The first-order valence-electron chi connectivity index (χ1n) is 10.5. The van der Waals surface area contributed by atoms with Crippen molar-refractivity contribution in [2.24, 2.45) is 0 Å². The van der Waals surface area contributed by atoms with E-state index in [2.05, 4.69) is 26.1 Å². The van der Waals surface area contributed by atoms with E-state index >= 15 is 0 Å². The summed E-state index contributed by atoms with van der Waals surface area (Å²) < 4.78 is 0.933. The average Bonchev–Trinajstić information content (AvgIpc) is 2.83. The zero-order valence-corrected chi connectivity index (χ0v) is 20.1. The number of hydrogen-bond acceptors (Lipinski definition) is 5. The topological polar surface area (TPSA) is 78.7 Å². The number of nitrogens with zero attached hydrogens (tertiary/aromatic N) is 3. The number of benzene rings is 3. The van der Waals surface area contributed by atoms with Crippen LogP contribution in [0.15, 0.2) is 71.2 Å². The summed E-state index contributed by atoms with van der Waals surface area (Å²) in [6.07, 6.45) is 0. The third-order valence-corrected chi connectivity index (χ3v) is 6.38. The predicted octanol–water partition coefficient (Wildman–Crippen LogP) is 5.59. The number of anilines is 2. The highest BCUT2D eigenvalue weighted by Crippen LogP contribution is 2.31.